The Labute approximate surface area is 169 Å². The van der Waals surface area contributed by atoms with E-state index < -0.39 is 0 Å². The van der Waals surface area contributed by atoms with Crippen molar-refractivity contribution in [3.63, 3.8) is 0 Å². The molecule has 0 aliphatic rings. The maximum atomic E-state index is 6.50. The van der Waals surface area contributed by atoms with Crippen LogP contribution in [0.15, 0.2) is 30.3 Å². The second-order valence-electron chi connectivity index (χ2n) is 8.29. The highest BCUT2D eigenvalue weighted by Crippen LogP contribution is 2.10. The van der Waals surface area contributed by atoms with E-state index in [9.17, 15) is 0 Å². The maximum Gasteiger partial charge on any atom is 0.0208 e. The SMILES string of the molecule is CCCCCCCCN(CCCCCCCC)C[C@@H](N)Cc1ccccc1. The van der Waals surface area contributed by atoms with Crippen LogP contribution >= 0.6 is 0 Å². The first-order valence-electron chi connectivity index (χ1n) is 11.8. The minimum absolute atomic E-state index is 0.243. The summed E-state index contributed by atoms with van der Waals surface area (Å²) in [6.07, 6.45) is 17.5. The fourth-order valence-electron chi connectivity index (χ4n) is 3.84. The second kappa shape index (κ2) is 17.3. The van der Waals surface area contributed by atoms with Crippen LogP contribution in [0, 0.1) is 0 Å². The third-order valence-corrected chi connectivity index (χ3v) is 5.49. The van der Waals surface area contributed by atoms with Crippen molar-refractivity contribution < 1.29 is 0 Å². The summed E-state index contributed by atoms with van der Waals surface area (Å²) in [6, 6.07) is 11.0. The molecule has 1 aromatic carbocycles. The van der Waals surface area contributed by atoms with Crippen molar-refractivity contribution in [2.24, 2.45) is 5.73 Å². The maximum absolute atomic E-state index is 6.50. The van der Waals surface area contributed by atoms with E-state index >= 15 is 0 Å². The number of hydrogen-bond donors (Lipinski definition) is 1. The molecule has 0 heterocycles. The highest BCUT2D eigenvalue weighted by Gasteiger charge is 2.11. The van der Waals surface area contributed by atoms with Crippen molar-refractivity contribution in [1.82, 2.24) is 4.90 Å². The van der Waals surface area contributed by atoms with Gasteiger partial charge in [-0.25, -0.2) is 0 Å². The lowest BCUT2D eigenvalue weighted by Crippen LogP contribution is -2.40. The highest BCUT2D eigenvalue weighted by atomic mass is 15.1. The van der Waals surface area contributed by atoms with Crippen molar-refractivity contribution >= 4 is 0 Å². The van der Waals surface area contributed by atoms with Crippen molar-refractivity contribution in [2.45, 2.75) is 103 Å². The zero-order valence-corrected chi connectivity index (χ0v) is 18.3. The average molecular weight is 375 g/mol. The Morgan fingerprint density at radius 1 is 0.704 bits per heavy atom. The normalized spacial score (nSPS) is 12.6. The first-order chi connectivity index (χ1) is 13.3. The van der Waals surface area contributed by atoms with Crippen LogP contribution in [0.25, 0.3) is 0 Å². The van der Waals surface area contributed by atoms with Gasteiger partial charge in [0.25, 0.3) is 0 Å². The van der Waals surface area contributed by atoms with Crippen LogP contribution in [0.1, 0.15) is 96.5 Å². The first kappa shape index (κ1) is 24.2. The zero-order chi connectivity index (χ0) is 19.6. The quantitative estimate of drug-likeness (QED) is 0.294. The van der Waals surface area contributed by atoms with Gasteiger partial charge in [-0.15, -0.1) is 0 Å². The van der Waals surface area contributed by atoms with Gasteiger partial charge >= 0.3 is 0 Å². The second-order valence-corrected chi connectivity index (χ2v) is 8.29. The van der Waals surface area contributed by atoms with E-state index in [2.05, 4.69) is 49.1 Å². The summed E-state index contributed by atoms with van der Waals surface area (Å²) in [6.45, 7) is 8.07. The Kier molecular flexibility index (Phi) is 15.4. The number of nitrogens with two attached hydrogens (primary N) is 1. The number of nitrogens with zero attached hydrogens (tertiary/aromatic N) is 1. The standard InChI is InChI=1S/C25H46N2/c1-3-5-7-9-11-16-20-27(21-17-12-10-8-6-4-2)23-25(26)22-24-18-14-13-15-19-24/h13-15,18-19,25H,3-12,16-17,20-23,26H2,1-2H3/t25-/m0/s1. The smallest absolute Gasteiger partial charge is 0.0208 e. The molecule has 27 heavy (non-hydrogen) atoms. The Morgan fingerprint density at radius 3 is 1.70 bits per heavy atom. The predicted molar refractivity (Wildman–Crippen MR) is 121 cm³/mol. The average Bonchev–Trinajstić information content (AvgIpc) is 2.67. The van der Waals surface area contributed by atoms with Crippen molar-refractivity contribution in [2.75, 3.05) is 19.6 Å². The molecule has 0 radical (unpaired) electrons. The van der Waals surface area contributed by atoms with E-state index in [0.717, 1.165) is 13.0 Å². The number of hydrogen-bond acceptors (Lipinski definition) is 2. The fourth-order valence-corrected chi connectivity index (χ4v) is 3.84. The molecule has 0 aliphatic heterocycles. The van der Waals surface area contributed by atoms with Gasteiger partial charge in [-0.2, -0.15) is 0 Å². The van der Waals surface area contributed by atoms with Crippen LogP contribution in [0.3, 0.4) is 0 Å². The summed E-state index contributed by atoms with van der Waals surface area (Å²) in [4.78, 5) is 2.65. The van der Waals surface area contributed by atoms with E-state index in [4.69, 9.17) is 5.73 Å². The van der Waals surface area contributed by atoms with Crippen molar-refractivity contribution in [1.29, 1.82) is 0 Å². The topological polar surface area (TPSA) is 29.3 Å². The molecule has 0 bridgehead atoms. The molecule has 2 N–H and O–H groups in total. The van der Waals surface area contributed by atoms with Gasteiger partial charge in [0, 0.05) is 12.6 Å². The molecule has 1 aromatic rings. The van der Waals surface area contributed by atoms with Crippen molar-refractivity contribution in [3.8, 4) is 0 Å². The van der Waals surface area contributed by atoms with E-state index in [1.807, 2.05) is 0 Å². The molecule has 0 unspecified atom stereocenters. The predicted octanol–water partition coefficient (Wildman–Crippen LogP) is 6.58. The van der Waals surface area contributed by atoms with Crippen LogP contribution in [-0.2, 0) is 6.42 Å². The summed E-state index contributed by atoms with van der Waals surface area (Å²) < 4.78 is 0. The molecule has 1 atom stereocenters. The minimum Gasteiger partial charge on any atom is -0.326 e. The summed E-state index contributed by atoms with van der Waals surface area (Å²) >= 11 is 0. The lowest BCUT2D eigenvalue weighted by Gasteiger charge is -2.26. The van der Waals surface area contributed by atoms with Gasteiger partial charge in [-0.3, -0.25) is 0 Å². The van der Waals surface area contributed by atoms with Crippen LogP contribution in [0.5, 0.6) is 0 Å². The molecule has 2 nitrogen and oxygen atoms in total. The molecular weight excluding hydrogens is 328 g/mol. The minimum atomic E-state index is 0.243. The van der Waals surface area contributed by atoms with Crippen LogP contribution in [-0.4, -0.2) is 30.6 Å². The first-order valence-corrected chi connectivity index (χ1v) is 11.8. The molecule has 0 fully saturated rings. The van der Waals surface area contributed by atoms with Gasteiger partial charge in [-0.05, 0) is 37.9 Å². The van der Waals surface area contributed by atoms with Gasteiger partial charge in [0.1, 0.15) is 0 Å². The van der Waals surface area contributed by atoms with E-state index in [1.165, 1.54) is 95.7 Å². The van der Waals surface area contributed by atoms with Crippen LogP contribution in [0.4, 0.5) is 0 Å². The molecule has 0 aromatic heterocycles. The molecule has 0 amide bonds. The fraction of sp³-hybridized carbons (Fsp3) is 0.760. The van der Waals surface area contributed by atoms with Gasteiger partial charge in [0.05, 0.1) is 0 Å². The monoisotopic (exact) mass is 374 g/mol. The lowest BCUT2D eigenvalue weighted by molar-refractivity contribution is 0.244. The third-order valence-electron chi connectivity index (χ3n) is 5.49. The van der Waals surface area contributed by atoms with Crippen LogP contribution in [0.2, 0.25) is 0 Å². The summed E-state index contributed by atoms with van der Waals surface area (Å²) in [5.41, 5.74) is 7.87. The summed E-state index contributed by atoms with van der Waals surface area (Å²) in [5.74, 6) is 0. The van der Waals surface area contributed by atoms with E-state index in [0.29, 0.717) is 0 Å². The summed E-state index contributed by atoms with van der Waals surface area (Å²) in [7, 11) is 0. The summed E-state index contributed by atoms with van der Waals surface area (Å²) in [5, 5.41) is 0. The molecule has 1 rings (SSSR count). The highest BCUT2D eigenvalue weighted by molar-refractivity contribution is 5.15. The molecule has 0 aliphatic carbocycles. The van der Waals surface area contributed by atoms with Gasteiger partial charge < -0.3 is 10.6 Å². The van der Waals surface area contributed by atoms with E-state index in [1.54, 1.807) is 0 Å². The molecular formula is C25H46N2. The molecule has 0 saturated heterocycles. The van der Waals surface area contributed by atoms with Gasteiger partial charge in [-0.1, -0.05) is 108 Å². The largest absolute Gasteiger partial charge is 0.326 e. The van der Waals surface area contributed by atoms with Crippen LogP contribution < -0.4 is 5.73 Å². The lowest BCUT2D eigenvalue weighted by atomic mass is 10.1. The Hall–Kier alpha value is -0.860. The Balaban J connectivity index is 2.31. The van der Waals surface area contributed by atoms with Crippen molar-refractivity contribution in [3.05, 3.63) is 35.9 Å². The molecule has 156 valence electrons. The molecule has 0 saturated carbocycles. The Morgan fingerprint density at radius 2 is 1.19 bits per heavy atom. The van der Waals surface area contributed by atoms with Gasteiger partial charge in [0.2, 0.25) is 0 Å². The molecule has 0 spiro atoms. The number of rotatable bonds is 18. The van der Waals surface area contributed by atoms with Gasteiger partial charge in [0.15, 0.2) is 0 Å². The number of benzene rings is 1. The molecule has 2 heteroatoms. The third kappa shape index (κ3) is 13.9. The van der Waals surface area contributed by atoms with E-state index in [-0.39, 0.29) is 6.04 Å². The Bertz CT molecular complexity index is 402. The zero-order valence-electron chi connectivity index (χ0n) is 18.3. The number of unbranched alkanes of at least 4 members (excludes halogenated alkanes) is 10.